The molecule has 11 nitrogen and oxygen atoms in total. The number of benzene rings is 2. The van der Waals surface area contributed by atoms with Gasteiger partial charge >= 0.3 is 23.8 Å². The number of fused-ring (bicyclic) bond motifs is 1. The normalized spacial score (nSPS) is 36.0. The number of aliphatic hydroxyl groups excluding tert-OH is 1. The van der Waals surface area contributed by atoms with Crippen molar-refractivity contribution in [1.82, 2.24) is 5.32 Å². The number of allylic oxidation sites excluding steroid dienone is 3. The van der Waals surface area contributed by atoms with Crippen LogP contribution in [0.4, 0.5) is 0 Å². The molecule has 4 bridgehead atoms. The smallest absolute Gasteiger partial charge is 0.397 e. The van der Waals surface area contributed by atoms with Gasteiger partial charge < -0.3 is 34.1 Å². The van der Waals surface area contributed by atoms with Crippen molar-refractivity contribution >= 4 is 34.6 Å². The highest BCUT2D eigenvalue weighted by atomic mass is 16.6. The summed E-state index contributed by atoms with van der Waals surface area (Å²) in [5.74, 6) is -5.06. The van der Waals surface area contributed by atoms with Crippen LogP contribution in [-0.4, -0.2) is 78.3 Å². The third-order valence-electron chi connectivity index (χ3n) is 11.9. The third-order valence-corrected chi connectivity index (χ3v) is 11.9. The quantitative estimate of drug-likeness (QED) is 0.179. The molecule has 1 spiro atoms. The Hall–Kier alpha value is -4.58. The fourth-order valence-electron chi connectivity index (χ4n) is 9.27. The number of nitrogens with one attached hydrogen (secondary N) is 1. The molecule has 1 saturated carbocycles. The van der Waals surface area contributed by atoms with Crippen LogP contribution in [-0.2, 0) is 49.4 Å². The maximum absolute atomic E-state index is 13.7. The Bertz CT molecular complexity index is 1910. The second-order valence-electron chi connectivity index (χ2n) is 15.0. The lowest BCUT2D eigenvalue weighted by atomic mass is 9.57. The number of hydrogen-bond acceptors (Lipinski definition) is 10. The molecule has 2 fully saturated rings. The molecule has 3 aliphatic carbocycles. The Labute approximate surface area is 309 Å². The van der Waals surface area contributed by atoms with Gasteiger partial charge in [-0.05, 0) is 48.6 Å². The van der Waals surface area contributed by atoms with Crippen LogP contribution in [0.1, 0.15) is 46.1 Å². The zero-order valence-electron chi connectivity index (χ0n) is 30.6. The van der Waals surface area contributed by atoms with E-state index >= 15 is 0 Å². The van der Waals surface area contributed by atoms with Gasteiger partial charge in [0.2, 0.25) is 0 Å². The Balaban J connectivity index is 1.12. The number of hydrogen-bond donors (Lipinski definition) is 2. The summed E-state index contributed by atoms with van der Waals surface area (Å²) >= 11 is 0. The van der Waals surface area contributed by atoms with Gasteiger partial charge in [0.15, 0.2) is 6.10 Å². The summed E-state index contributed by atoms with van der Waals surface area (Å²) < 4.78 is 30.5. The van der Waals surface area contributed by atoms with Gasteiger partial charge in [-0.1, -0.05) is 92.8 Å². The first-order valence-electron chi connectivity index (χ1n) is 18.4. The largest absolute Gasteiger partial charge is 0.456 e. The number of aliphatic hydroxyl groups is 1. The minimum absolute atomic E-state index is 0.121. The fourth-order valence-corrected chi connectivity index (χ4v) is 9.27. The Kier molecular flexibility index (Phi) is 10.2. The van der Waals surface area contributed by atoms with Crippen molar-refractivity contribution in [3.63, 3.8) is 0 Å². The highest BCUT2D eigenvalue weighted by molar-refractivity contribution is 6.32. The van der Waals surface area contributed by atoms with E-state index in [0.717, 1.165) is 21.9 Å². The van der Waals surface area contributed by atoms with Gasteiger partial charge in [-0.25, -0.2) is 14.4 Å². The third kappa shape index (κ3) is 6.53. The average Bonchev–Trinajstić information content (AvgIpc) is 3.76. The number of cyclic esters (lactones) is 1. The van der Waals surface area contributed by atoms with E-state index in [-0.39, 0.29) is 24.8 Å². The van der Waals surface area contributed by atoms with Gasteiger partial charge in [0.25, 0.3) is 0 Å². The molecule has 1 amide bonds. The van der Waals surface area contributed by atoms with Crippen molar-refractivity contribution in [2.75, 3.05) is 7.11 Å². The van der Waals surface area contributed by atoms with Crippen molar-refractivity contribution < 1.29 is 48.0 Å². The Morgan fingerprint density at radius 3 is 2.62 bits per heavy atom. The second kappa shape index (κ2) is 14.7. The molecular formula is C42H47NO10. The standard InChI is InChI=1S/C42H47NO10/c1-22-19-23(2)42-29(17-18-31-33(42)34(44)24(3)36(37(31)53-42)52-39(46)27-12-6-7-13-27)20-32(49-5)40(47)51-35(22)25(4)50-41(48)38(45)43-21-28-15-10-14-26-11-8-9-16-30(26)28/h6-12,14-19,22,24-25,29,31-37,44H,13,20-21H2,1-5H3,(H,43,45)/b23-19+/t22-,24-,25-,29-,31?,32+,33?,34?,35+,36-,37-,42+/m1/s1. The first-order valence-corrected chi connectivity index (χ1v) is 18.4. The molecule has 53 heavy (non-hydrogen) atoms. The number of esters is 3. The summed E-state index contributed by atoms with van der Waals surface area (Å²) in [5, 5.41) is 16.6. The molecule has 7 rings (SSSR count). The number of carbonyl (C=O) groups is 4. The first-order chi connectivity index (χ1) is 25.4. The summed E-state index contributed by atoms with van der Waals surface area (Å²) in [5.41, 5.74) is 1.15. The molecule has 5 aliphatic rings. The lowest BCUT2D eigenvalue weighted by Gasteiger charge is -2.49. The van der Waals surface area contributed by atoms with Crippen LogP contribution in [0.2, 0.25) is 0 Å². The lowest BCUT2D eigenvalue weighted by Crippen LogP contribution is -2.57. The average molecular weight is 726 g/mol. The zero-order chi connectivity index (χ0) is 37.6. The van der Waals surface area contributed by atoms with Crippen LogP contribution in [0.3, 0.4) is 0 Å². The van der Waals surface area contributed by atoms with Crippen LogP contribution in [0.5, 0.6) is 0 Å². The number of ether oxygens (including phenoxy) is 5. The number of amides is 1. The predicted molar refractivity (Wildman–Crippen MR) is 194 cm³/mol. The van der Waals surface area contributed by atoms with Crippen LogP contribution < -0.4 is 5.32 Å². The van der Waals surface area contributed by atoms with Crippen molar-refractivity contribution in [3.05, 3.63) is 95.6 Å². The Morgan fingerprint density at radius 1 is 1.09 bits per heavy atom. The molecule has 3 unspecified atom stereocenters. The maximum atomic E-state index is 13.7. The maximum Gasteiger partial charge on any atom is 0.397 e. The van der Waals surface area contributed by atoms with Gasteiger partial charge in [-0.15, -0.1) is 0 Å². The van der Waals surface area contributed by atoms with E-state index in [4.69, 9.17) is 23.7 Å². The van der Waals surface area contributed by atoms with Crippen LogP contribution in [0.25, 0.3) is 10.8 Å². The first kappa shape index (κ1) is 36.8. The molecule has 0 radical (unpaired) electrons. The second-order valence-corrected chi connectivity index (χ2v) is 15.0. The summed E-state index contributed by atoms with van der Waals surface area (Å²) in [6.45, 7) is 7.36. The molecule has 2 N–H and O–H groups in total. The highest BCUT2D eigenvalue weighted by Gasteiger charge is 2.69. The van der Waals surface area contributed by atoms with E-state index in [1.165, 1.54) is 7.11 Å². The number of rotatable bonds is 7. The summed E-state index contributed by atoms with van der Waals surface area (Å²) in [6, 6.07) is 13.5. The van der Waals surface area contributed by atoms with Crippen LogP contribution in [0, 0.1) is 29.6 Å². The van der Waals surface area contributed by atoms with Gasteiger partial charge in [0, 0.05) is 48.8 Å². The summed E-state index contributed by atoms with van der Waals surface area (Å²) in [4.78, 5) is 53.0. The summed E-state index contributed by atoms with van der Waals surface area (Å²) in [7, 11) is 1.43. The molecule has 0 aromatic heterocycles. The van der Waals surface area contributed by atoms with Gasteiger partial charge in [-0.2, -0.15) is 0 Å². The number of methoxy groups -OCH3 is 1. The van der Waals surface area contributed by atoms with Gasteiger partial charge in [0.1, 0.15) is 30.0 Å². The topological polar surface area (TPSA) is 147 Å². The van der Waals surface area contributed by atoms with E-state index < -0.39 is 83.8 Å². The molecule has 11 heteroatoms. The monoisotopic (exact) mass is 725 g/mol. The van der Waals surface area contributed by atoms with E-state index in [9.17, 15) is 24.3 Å². The van der Waals surface area contributed by atoms with Crippen LogP contribution >= 0.6 is 0 Å². The minimum Gasteiger partial charge on any atom is -0.456 e. The SMILES string of the molecule is CO[C@H]1C[C@H]2C=CC3C4C(O)[C@@H](C)[C@@H](OC(=O)C5=CC=CC5)[C@@H]3O[C@]42/C(C)=C/[C@@H](C)[C@@H]([C@@H](C)OC(=O)C(=O)NCc2cccc3ccccc23)OC1=O. The molecule has 1 saturated heterocycles. The zero-order valence-corrected chi connectivity index (χ0v) is 30.6. The van der Waals surface area contributed by atoms with Crippen molar-refractivity contribution in [3.8, 4) is 0 Å². The van der Waals surface area contributed by atoms with Crippen molar-refractivity contribution in [2.45, 2.75) is 89.3 Å². The van der Waals surface area contributed by atoms with Gasteiger partial charge in [0.05, 0.1) is 6.10 Å². The van der Waals surface area contributed by atoms with Gasteiger partial charge in [-0.3, -0.25) is 4.79 Å². The molecule has 2 aromatic carbocycles. The molecule has 12 atom stereocenters. The van der Waals surface area contributed by atoms with Crippen molar-refractivity contribution in [2.24, 2.45) is 29.6 Å². The van der Waals surface area contributed by atoms with E-state index in [1.807, 2.05) is 93.6 Å². The fraction of sp³-hybridized carbons (Fsp3) is 0.476. The highest BCUT2D eigenvalue weighted by Crippen LogP contribution is 2.61. The molecule has 2 heterocycles. The van der Waals surface area contributed by atoms with E-state index in [0.29, 0.717) is 12.0 Å². The number of carbonyl (C=O) groups excluding carboxylic acids is 4. The van der Waals surface area contributed by atoms with E-state index in [2.05, 4.69) is 5.32 Å². The van der Waals surface area contributed by atoms with E-state index in [1.54, 1.807) is 13.0 Å². The summed E-state index contributed by atoms with van der Waals surface area (Å²) in [6.07, 6.45) is 6.96. The molecular weight excluding hydrogens is 678 g/mol. The molecule has 2 aromatic rings. The predicted octanol–water partition coefficient (Wildman–Crippen LogP) is 4.67. The molecule has 2 aliphatic heterocycles. The molecule has 280 valence electrons. The Morgan fingerprint density at radius 2 is 1.87 bits per heavy atom. The minimum atomic E-state index is -1.10. The van der Waals surface area contributed by atoms with Crippen LogP contribution in [0.15, 0.2) is 90.1 Å². The van der Waals surface area contributed by atoms with Crippen molar-refractivity contribution in [1.29, 1.82) is 0 Å². The lowest BCUT2D eigenvalue weighted by molar-refractivity contribution is -0.180.